The Balaban J connectivity index is 1.57. The number of aromatic amines is 1. The third-order valence-electron chi connectivity index (χ3n) is 5.39. The van der Waals surface area contributed by atoms with Crippen molar-refractivity contribution >= 4 is 12.0 Å². The van der Waals surface area contributed by atoms with Crippen LogP contribution in [0.25, 0.3) is 0 Å². The highest BCUT2D eigenvalue weighted by atomic mass is 19.4. The maximum absolute atomic E-state index is 14.4. The van der Waals surface area contributed by atoms with Crippen molar-refractivity contribution in [3.05, 3.63) is 72.0 Å². The van der Waals surface area contributed by atoms with Gasteiger partial charge in [0.05, 0.1) is 30.1 Å². The maximum atomic E-state index is 14.4. The van der Waals surface area contributed by atoms with Gasteiger partial charge in [-0.25, -0.2) is 19.4 Å². The summed E-state index contributed by atoms with van der Waals surface area (Å²) in [6, 6.07) is 2.67. The van der Waals surface area contributed by atoms with E-state index in [1.807, 2.05) is 4.90 Å². The van der Waals surface area contributed by atoms with E-state index in [0.717, 1.165) is 11.9 Å². The van der Waals surface area contributed by atoms with Crippen LogP contribution in [-0.2, 0) is 12.0 Å². The molecule has 1 atom stereocenters. The van der Waals surface area contributed by atoms with Crippen LogP contribution in [0.1, 0.15) is 17.8 Å². The average molecular weight is 432 g/mol. The van der Waals surface area contributed by atoms with Crippen LogP contribution in [0.5, 0.6) is 5.75 Å². The van der Waals surface area contributed by atoms with E-state index in [-0.39, 0.29) is 0 Å². The maximum Gasteiger partial charge on any atom is 0.573 e. The SMILES string of the molecule is FC1=CC=CN2N=C[C@@]3(CC=C12)c1nc[nH]c1CCN3c1ccc(OC(F)(F)F)cn1. The number of nitrogens with one attached hydrogen (secondary N) is 1. The molecule has 1 N–H and O–H groups in total. The third-order valence-corrected chi connectivity index (χ3v) is 5.39. The van der Waals surface area contributed by atoms with Crippen molar-refractivity contribution in [2.24, 2.45) is 5.10 Å². The third kappa shape index (κ3) is 3.35. The zero-order chi connectivity index (χ0) is 21.6. The Morgan fingerprint density at radius 3 is 2.84 bits per heavy atom. The van der Waals surface area contributed by atoms with E-state index in [1.165, 1.54) is 23.2 Å². The fourth-order valence-electron chi connectivity index (χ4n) is 4.06. The van der Waals surface area contributed by atoms with Crippen LogP contribution in [0.2, 0.25) is 0 Å². The number of hydrogen-bond acceptors (Lipinski definition) is 6. The first kappa shape index (κ1) is 19.3. The van der Waals surface area contributed by atoms with Gasteiger partial charge in [0, 0.05) is 31.3 Å². The molecule has 31 heavy (non-hydrogen) atoms. The van der Waals surface area contributed by atoms with E-state index in [4.69, 9.17) is 0 Å². The number of hydrogen-bond donors (Lipinski definition) is 1. The van der Waals surface area contributed by atoms with E-state index in [2.05, 4.69) is 24.8 Å². The van der Waals surface area contributed by atoms with Gasteiger partial charge in [-0.3, -0.25) is 0 Å². The van der Waals surface area contributed by atoms with Crippen LogP contribution in [0.15, 0.2) is 65.7 Å². The fourth-order valence-corrected chi connectivity index (χ4v) is 4.06. The van der Waals surface area contributed by atoms with Gasteiger partial charge in [0.25, 0.3) is 0 Å². The molecule has 5 rings (SSSR count). The number of halogens is 4. The first-order valence-electron chi connectivity index (χ1n) is 9.47. The number of alkyl halides is 3. The number of nitrogens with zero attached hydrogens (tertiary/aromatic N) is 5. The minimum atomic E-state index is -4.80. The van der Waals surface area contributed by atoms with Crippen molar-refractivity contribution in [2.75, 3.05) is 11.4 Å². The van der Waals surface area contributed by atoms with E-state index >= 15 is 0 Å². The molecule has 1 spiro atoms. The van der Waals surface area contributed by atoms with Crippen LogP contribution < -0.4 is 9.64 Å². The zero-order valence-corrected chi connectivity index (χ0v) is 16.0. The van der Waals surface area contributed by atoms with Gasteiger partial charge in [0.15, 0.2) is 0 Å². The summed E-state index contributed by atoms with van der Waals surface area (Å²) >= 11 is 0. The van der Waals surface area contributed by atoms with E-state index in [1.54, 1.807) is 30.9 Å². The van der Waals surface area contributed by atoms with Crippen molar-refractivity contribution in [2.45, 2.75) is 24.7 Å². The molecule has 3 aliphatic rings. The number of allylic oxidation sites excluding steroid dienone is 3. The second-order valence-corrected chi connectivity index (χ2v) is 7.19. The molecule has 0 aromatic carbocycles. The summed E-state index contributed by atoms with van der Waals surface area (Å²) in [6.07, 6.45) is 6.75. The Bertz CT molecular complexity index is 1120. The minimum Gasteiger partial charge on any atom is -0.404 e. The van der Waals surface area contributed by atoms with E-state index in [0.29, 0.717) is 36.6 Å². The monoisotopic (exact) mass is 432 g/mol. The number of anilines is 1. The predicted molar refractivity (Wildman–Crippen MR) is 104 cm³/mol. The lowest BCUT2D eigenvalue weighted by Crippen LogP contribution is -2.52. The molecule has 0 bridgehead atoms. The van der Waals surface area contributed by atoms with Gasteiger partial charge in [0.2, 0.25) is 0 Å². The number of rotatable bonds is 2. The van der Waals surface area contributed by atoms with Crippen LogP contribution in [-0.4, -0.2) is 39.1 Å². The summed E-state index contributed by atoms with van der Waals surface area (Å²) in [7, 11) is 0. The summed E-state index contributed by atoms with van der Waals surface area (Å²) < 4.78 is 55.8. The molecule has 0 radical (unpaired) electrons. The molecule has 160 valence electrons. The van der Waals surface area contributed by atoms with Crippen LogP contribution in [0.3, 0.4) is 0 Å². The molecule has 0 amide bonds. The lowest BCUT2D eigenvalue weighted by atomic mass is 9.84. The molecule has 7 nitrogen and oxygen atoms in total. The van der Waals surface area contributed by atoms with Gasteiger partial charge in [0.1, 0.15) is 22.9 Å². The predicted octanol–water partition coefficient (Wildman–Crippen LogP) is 3.92. The lowest BCUT2D eigenvalue weighted by Gasteiger charge is -2.43. The number of H-pyrrole nitrogens is 1. The highest BCUT2D eigenvalue weighted by molar-refractivity contribution is 5.80. The second-order valence-electron chi connectivity index (χ2n) is 7.19. The Morgan fingerprint density at radius 2 is 2.06 bits per heavy atom. The van der Waals surface area contributed by atoms with E-state index in [9.17, 15) is 17.6 Å². The molecule has 0 saturated carbocycles. The summed E-state index contributed by atoms with van der Waals surface area (Å²) in [4.78, 5) is 13.7. The molecule has 5 heterocycles. The zero-order valence-electron chi connectivity index (χ0n) is 16.0. The average Bonchev–Trinajstić information content (AvgIpc) is 3.13. The van der Waals surface area contributed by atoms with Crippen LogP contribution >= 0.6 is 0 Å². The largest absolute Gasteiger partial charge is 0.573 e. The van der Waals surface area contributed by atoms with Crippen molar-refractivity contribution < 1.29 is 22.3 Å². The molecule has 0 fully saturated rings. The number of fused-ring (bicyclic) bond motifs is 3. The van der Waals surface area contributed by atoms with Crippen molar-refractivity contribution in [1.82, 2.24) is 20.0 Å². The van der Waals surface area contributed by atoms with Crippen LogP contribution in [0.4, 0.5) is 23.4 Å². The topological polar surface area (TPSA) is 69.6 Å². The number of imidazole rings is 1. The van der Waals surface area contributed by atoms with Crippen LogP contribution in [0, 0.1) is 0 Å². The number of ether oxygens (including phenoxy) is 1. The molecule has 0 unspecified atom stereocenters. The van der Waals surface area contributed by atoms with Gasteiger partial charge < -0.3 is 14.6 Å². The summed E-state index contributed by atoms with van der Waals surface area (Å²) in [5.41, 5.74) is 1.06. The van der Waals surface area contributed by atoms with Gasteiger partial charge in [-0.15, -0.1) is 13.2 Å². The standard InChI is InChI=1S/C20H16F4N6O/c21-14-2-1-8-30-16(14)5-7-19(11-28-30)18-15(26-12-27-18)6-9-29(19)17-4-3-13(10-25-17)31-20(22,23)24/h1-5,8,10-12H,6-7,9H2,(H,26,27)/t19-/m0/s1. The Labute approximate surface area is 174 Å². The summed E-state index contributed by atoms with van der Waals surface area (Å²) in [5.74, 6) is -0.388. The molecule has 11 heteroatoms. The first-order chi connectivity index (χ1) is 14.9. The first-order valence-corrected chi connectivity index (χ1v) is 9.47. The van der Waals surface area contributed by atoms with E-state index < -0.39 is 23.5 Å². The highest BCUT2D eigenvalue weighted by Gasteiger charge is 2.45. The van der Waals surface area contributed by atoms with Crippen molar-refractivity contribution in [3.8, 4) is 5.75 Å². The number of pyridine rings is 1. The number of hydrazone groups is 1. The highest BCUT2D eigenvalue weighted by Crippen LogP contribution is 2.41. The molecule has 2 aromatic heterocycles. The normalized spacial score (nSPS) is 22.6. The van der Waals surface area contributed by atoms with Gasteiger partial charge in [-0.1, -0.05) is 6.08 Å². The second kappa shape index (κ2) is 6.96. The molecular formula is C20H16F4N6O. The molecule has 3 aliphatic heterocycles. The van der Waals surface area contributed by atoms with Crippen molar-refractivity contribution in [3.63, 3.8) is 0 Å². The summed E-state index contributed by atoms with van der Waals surface area (Å²) in [5, 5.41) is 5.91. The number of aromatic nitrogens is 3. The van der Waals surface area contributed by atoms with Gasteiger partial charge in [-0.05, 0) is 24.3 Å². The molecular weight excluding hydrogens is 416 g/mol. The molecule has 0 saturated heterocycles. The fraction of sp³-hybridized carbons (Fsp3) is 0.250. The lowest BCUT2D eigenvalue weighted by molar-refractivity contribution is -0.274. The Kier molecular flexibility index (Phi) is 4.34. The Morgan fingerprint density at radius 1 is 1.19 bits per heavy atom. The smallest absolute Gasteiger partial charge is 0.404 e. The quantitative estimate of drug-likeness (QED) is 0.729. The van der Waals surface area contributed by atoms with Gasteiger partial charge >= 0.3 is 6.36 Å². The molecule has 2 aromatic rings. The summed E-state index contributed by atoms with van der Waals surface area (Å²) in [6.45, 7) is 0.505. The van der Waals surface area contributed by atoms with Gasteiger partial charge in [-0.2, -0.15) is 5.10 Å². The Hall–Kier alpha value is -3.63. The molecule has 0 aliphatic carbocycles. The minimum absolute atomic E-state index is 0.320. The van der Waals surface area contributed by atoms with Crippen molar-refractivity contribution in [1.29, 1.82) is 0 Å².